The molecular weight excluding hydrogens is 432 g/mol. The highest BCUT2D eigenvalue weighted by Crippen LogP contribution is 2.05. The van der Waals surface area contributed by atoms with Crippen LogP contribution in [0.3, 0.4) is 0 Å². The van der Waals surface area contributed by atoms with Crippen LogP contribution in [0.2, 0.25) is 0 Å². The monoisotopic (exact) mass is 452 g/mol. The highest BCUT2D eigenvalue weighted by Gasteiger charge is 2.18. The SMILES string of the molecule is O=C1OCCOCCOC(=O)c2cc([nH]n2)C(=O)OCCOCCOC(=O)c2cc1n[nH]2. The minimum absolute atomic E-state index is 0.0303. The van der Waals surface area contributed by atoms with Gasteiger partial charge in [0.1, 0.15) is 37.8 Å². The number of nitrogens with one attached hydrogen (secondary N) is 2. The fourth-order valence-electron chi connectivity index (χ4n) is 2.34. The summed E-state index contributed by atoms with van der Waals surface area (Å²) >= 11 is 0. The third-order valence-corrected chi connectivity index (χ3v) is 3.86. The molecule has 2 aromatic rings. The van der Waals surface area contributed by atoms with Crippen molar-refractivity contribution in [2.45, 2.75) is 0 Å². The van der Waals surface area contributed by atoms with Crippen LogP contribution in [-0.2, 0) is 28.4 Å². The molecule has 0 unspecified atom stereocenters. The number of hydrogen-bond donors (Lipinski definition) is 2. The molecule has 32 heavy (non-hydrogen) atoms. The van der Waals surface area contributed by atoms with Crippen LogP contribution in [0.25, 0.3) is 0 Å². The molecule has 14 nitrogen and oxygen atoms in total. The minimum Gasteiger partial charge on any atom is -0.459 e. The highest BCUT2D eigenvalue weighted by atomic mass is 16.6. The summed E-state index contributed by atoms with van der Waals surface area (Å²) in [5, 5.41) is 12.2. The molecular formula is C18H20N4O10. The van der Waals surface area contributed by atoms with Gasteiger partial charge in [0, 0.05) is 12.1 Å². The van der Waals surface area contributed by atoms with Crippen LogP contribution in [0.4, 0.5) is 0 Å². The third kappa shape index (κ3) is 6.61. The van der Waals surface area contributed by atoms with Crippen molar-refractivity contribution in [3.8, 4) is 0 Å². The van der Waals surface area contributed by atoms with Crippen molar-refractivity contribution in [3.63, 3.8) is 0 Å². The van der Waals surface area contributed by atoms with Crippen molar-refractivity contribution in [1.82, 2.24) is 20.4 Å². The van der Waals surface area contributed by atoms with Gasteiger partial charge in [0.25, 0.3) is 0 Å². The molecule has 3 heterocycles. The predicted octanol–water partition coefficient (Wildman–Crippen LogP) is -0.493. The number of carbonyl (C=O) groups excluding carboxylic acids is 4. The number of carbonyl (C=O) groups is 4. The zero-order valence-electron chi connectivity index (χ0n) is 16.8. The lowest BCUT2D eigenvalue weighted by molar-refractivity contribution is 0.0139. The van der Waals surface area contributed by atoms with E-state index in [4.69, 9.17) is 28.4 Å². The third-order valence-electron chi connectivity index (χ3n) is 3.86. The Bertz CT molecular complexity index is 808. The second-order valence-electron chi connectivity index (χ2n) is 6.10. The molecule has 0 amide bonds. The number of fused-ring (bicyclic) bond motifs is 4. The van der Waals surface area contributed by atoms with E-state index in [2.05, 4.69) is 20.4 Å². The lowest BCUT2D eigenvalue weighted by Crippen LogP contribution is -2.15. The van der Waals surface area contributed by atoms with Crippen LogP contribution >= 0.6 is 0 Å². The van der Waals surface area contributed by atoms with Crippen molar-refractivity contribution in [2.75, 3.05) is 52.9 Å². The predicted molar refractivity (Wildman–Crippen MR) is 99.9 cm³/mol. The molecule has 14 heteroatoms. The number of H-pyrrole nitrogens is 2. The number of cyclic esters (lactones) is 4. The summed E-state index contributed by atoms with van der Waals surface area (Å²) < 4.78 is 30.4. The molecule has 2 N–H and O–H groups in total. The van der Waals surface area contributed by atoms with Gasteiger partial charge in [-0.3, -0.25) is 10.2 Å². The minimum atomic E-state index is -0.753. The summed E-state index contributed by atoms with van der Waals surface area (Å²) in [6, 6.07) is 2.40. The molecule has 0 radical (unpaired) electrons. The van der Waals surface area contributed by atoms with E-state index >= 15 is 0 Å². The lowest BCUT2D eigenvalue weighted by Gasteiger charge is -2.06. The van der Waals surface area contributed by atoms with E-state index in [9.17, 15) is 19.2 Å². The molecule has 4 bridgehead atoms. The number of nitrogens with zero attached hydrogens (tertiary/aromatic N) is 2. The van der Waals surface area contributed by atoms with Crippen molar-refractivity contribution in [1.29, 1.82) is 0 Å². The van der Waals surface area contributed by atoms with Gasteiger partial charge < -0.3 is 28.4 Å². The van der Waals surface area contributed by atoms with E-state index in [1.165, 1.54) is 12.1 Å². The molecule has 0 aliphatic carbocycles. The fraction of sp³-hybridized carbons (Fsp3) is 0.444. The Morgan fingerprint density at radius 1 is 0.531 bits per heavy atom. The average Bonchev–Trinajstić information content (AvgIpc) is 3.47. The molecule has 172 valence electrons. The highest BCUT2D eigenvalue weighted by molar-refractivity contribution is 5.93. The van der Waals surface area contributed by atoms with Gasteiger partial charge in [0.2, 0.25) is 0 Å². The van der Waals surface area contributed by atoms with Crippen LogP contribution < -0.4 is 0 Å². The summed E-state index contributed by atoms with van der Waals surface area (Å²) in [5.41, 5.74) is -0.261. The summed E-state index contributed by atoms with van der Waals surface area (Å²) in [6.45, 7) is -0.131. The Balaban J connectivity index is 1.55. The van der Waals surface area contributed by atoms with E-state index in [0.29, 0.717) is 0 Å². The first-order valence-corrected chi connectivity index (χ1v) is 9.49. The molecule has 0 aromatic carbocycles. The maximum Gasteiger partial charge on any atom is 0.358 e. The number of aromatic nitrogens is 4. The molecule has 0 atom stereocenters. The van der Waals surface area contributed by atoms with Gasteiger partial charge >= 0.3 is 23.9 Å². The van der Waals surface area contributed by atoms with Crippen molar-refractivity contribution in [3.05, 3.63) is 34.9 Å². The number of rotatable bonds is 0. The van der Waals surface area contributed by atoms with Gasteiger partial charge in [-0.1, -0.05) is 0 Å². The summed E-state index contributed by atoms with van der Waals surface area (Å²) in [7, 11) is 0. The second kappa shape index (κ2) is 11.6. The molecule has 3 rings (SSSR count). The Kier molecular flexibility index (Phi) is 8.28. The lowest BCUT2D eigenvalue weighted by atomic mass is 10.3. The second-order valence-corrected chi connectivity index (χ2v) is 6.10. The zero-order chi connectivity index (χ0) is 22.8. The first-order chi connectivity index (χ1) is 15.5. The van der Waals surface area contributed by atoms with Crippen LogP contribution in [0.15, 0.2) is 12.1 Å². The molecule has 0 saturated heterocycles. The molecule has 1 aliphatic heterocycles. The molecule has 0 saturated carbocycles. The average molecular weight is 452 g/mol. The van der Waals surface area contributed by atoms with Crippen molar-refractivity contribution in [2.24, 2.45) is 0 Å². The van der Waals surface area contributed by atoms with E-state index in [1.54, 1.807) is 0 Å². The van der Waals surface area contributed by atoms with Gasteiger partial charge in [0.15, 0.2) is 11.4 Å². The molecule has 0 fully saturated rings. The van der Waals surface area contributed by atoms with Crippen molar-refractivity contribution >= 4 is 23.9 Å². The van der Waals surface area contributed by atoms with E-state index in [1.807, 2.05) is 0 Å². The Hall–Kier alpha value is -3.78. The maximum absolute atomic E-state index is 11.9. The van der Waals surface area contributed by atoms with E-state index < -0.39 is 23.9 Å². The summed E-state index contributed by atoms with van der Waals surface area (Å²) in [4.78, 5) is 47.7. The first kappa shape index (κ1) is 22.9. The molecule has 1 aliphatic rings. The standard InChI is InChI=1S/C18H20N4O10/c23-15-11-9-12(20-19-11)17(25)31-7-3-28-4-8-32-18(26)14-10-13(21-22-14)16(24)30-6-2-27-1-5-29-15/h9-10H,1-8H2,(H,19,20)(H,21,22). The van der Waals surface area contributed by atoms with Gasteiger partial charge in [-0.05, 0) is 0 Å². The van der Waals surface area contributed by atoms with E-state index in [0.717, 1.165) is 0 Å². The smallest absolute Gasteiger partial charge is 0.358 e. The molecule has 2 aromatic heterocycles. The van der Waals surface area contributed by atoms with Crippen LogP contribution in [0, 0.1) is 0 Å². The quantitative estimate of drug-likeness (QED) is 0.387. The van der Waals surface area contributed by atoms with Gasteiger partial charge in [-0.15, -0.1) is 0 Å². The number of hydrogen-bond acceptors (Lipinski definition) is 12. The summed E-state index contributed by atoms with van der Waals surface area (Å²) in [6.07, 6.45) is 0. The van der Waals surface area contributed by atoms with Crippen LogP contribution in [-0.4, -0.2) is 97.1 Å². The number of esters is 4. The van der Waals surface area contributed by atoms with Crippen LogP contribution in [0.1, 0.15) is 42.0 Å². The fourth-order valence-corrected chi connectivity index (χ4v) is 2.34. The number of ether oxygens (including phenoxy) is 6. The topological polar surface area (TPSA) is 181 Å². The Morgan fingerprint density at radius 3 is 1.25 bits per heavy atom. The Morgan fingerprint density at radius 2 is 0.875 bits per heavy atom. The van der Waals surface area contributed by atoms with Crippen molar-refractivity contribution < 1.29 is 47.6 Å². The van der Waals surface area contributed by atoms with Crippen LogP contribution in [0.5, 0.6) is 0 Å². The van der Waals surface area contributed by atoms with Gasteiger partial charge in [-0.2, -0.15) is 10.2 Å². The molecule has 0 spiro atoms. The largest absolute Gasteiger partial charge is 0.459 e. The Labute approximate surface area is 180 Å². The summed E-state index contributed by atoms with van der Waals surface area (Å²) in [5.74, 6) is -2.96. The maximum atomic E-state index is 11.9. The normalized spacial score (nSPS) is 18.0. The first-order valence-electron chi connectivity index (χ1n) is 9.49. The van der Waals surface area contributed by atoms with Gasteiger partial charge in [-0.25, -0.2) is 19.2 Å². The van der Waals surface area contributed by atoms with Gasteiger partial charge in [0.05, 0.1) is 26.4 Å². The van der Waals surface area contributed by atoms with E-state index in [-0.39, 0.29) is 75.6 Å². The zero-order valence-corrected chi connectivity index (χ0v) is 16.8. The number of aromatic amines is 2.